The highest BCUT2D eigenvalue weighted by Crippen LogP contribution is 2.06. The van der Waals surface area contributed by atoms with Gasteiger partial charge in [-0.2, -0.15) is 0 Å². The van der Waals surface area contributed by atoms with Gasteiger partial charge < -0.3 is 26.4 Å². The summed E-state index contributed by atoms with van der Waals surface area (Å²) in [5.41, 5.74) is 6.80. The van der Waals surface area contributed by atoms with E-state index in [0.717, 1.165) is 19.5 Å². The Morgan fingerprint density at radius 2 is 2.00 bits per heavy atom. The summed E-state index contributed by atoms with van der Waals surface area (Å²) >= 11 is 0. The number of nitrogens with one attached hydrogen (secondary N) is 3. The molecule has 1 unspecified atom stereocenters. The van der Waals surface area contributed by atoms with E-state index in [1.807, 2.05) is 20.8 Å². The molecule has 1 fully saturated rings. The zero-order valence-corrected chi connectivity index (χ0v) is 18.0. The molecule has 0 spiro atoms. The molecule has 2 rings (SSSR count). The topological polar surface area (TPSA) is 105 Å². The minimum atomic E-state index is -0.148. The van der Waals surface area contributed by atoms with Gasteiger partial charge >= 0.3 is 0 Å². The van der Waals surface area contributed by atoms with Crippen molar-refractivity contribution in [1.82, 2.24) is 16.0 Å². The number of benzene rings is 1. The smallest absolute Gasteiger partial charge is 0.251 e. The third kappa shape index (κ3) is 11.6. The van der Waals surface area contributed by atoms with E-state index in [1.165, 1.54) is 0 Å². The quantitative estimate of drug-likeness (QED) is 0.554. The molecular formula is C21H38N4O3. The molecule has 1 aromatic carbocycles. The highest BCUT2D eigenvalue weighted by atomic mass is 16.5. The number of nitrogen functional groups attached to an aromatic ring is 1. The van der Waals surface area contributed by atoms with Crippen LogP contribution < -0.4 is 21.7 Å². The van der Waals surface area contributed by atoms with Crippen LogP contribution in [0.5, 0.6) is 0 Å². The maximum absolute atomic E-state index is 11.5. The van der Waals surface area contributed by atoms with Crippen molar-refractivity contribution in [2.24, 2.45) is 5.92 Å². The van der Waals surface area contributed by atoms with E-state index in [-0.39, 0.29) is 17.9 Å². The zero-order chi connectivity index (χ0) is 21.4. The molecule has 0 bridgehead atoms. The monoisotopic (exact) mass is 394 g/mol. The Hall–Kier alpha value is -2.12. The Morgan fingerprint density at radius 3 is 2.54 bits per heavy atom. The number of carbonyl (C=O) groups excluding carboxylic acids is 2. The van der Waals surface area contributed by atoms with Gasteiger partial charge in [0.05, 0.1) is 13.2 Å². The van der Waals surface area contributed by atoms with Crippen LogP contribution in [0.2, 0.25) is 0 Å². The molecule has 0 aromatic heterocycles. The largest absolute Gasteiger partial charge is 0.399 e. The Morgan fingerprint density at radius 1 is 1.29 bits per heavy atom. The summed E-state index contributed by atoms with van der Waals surface area (Å²) in [6.45, 7) is 13.5. The number of morpholine rings is 1. The molecule has 1 heterocycles. The molecule has 2 amide bonds. The van der Waals surface area contributed by atoms with Gasteiger partial charge in [0.1, 0.15) is 6.04 Å². The molecule has 0 aliphatic carbocycles. The molecule has 1 aliphatic rings. The lowest BCUT2D eigenvalue weighted by Gasteiger charge is -2.22. The van der Waals surface area contributed by atoms with Gasteiger partial charge in [0.25, 0.3) is 5.91 Å². The Kier molecular flexibility index (Phi) is 14.7. The number of carbonyl (C=O) groups is 2. The summed E-state index contributed by atoms with van der Waals surface area (Å²) in [4.78, 5) is 22.8. The molecule has 28 heavy (non-hydrogen) atoms. The van der Waals surface area contributed by atoms with Crippen molar-refractivity contribution in [2.75, 3.05) is 38.6 Å². The average molecular weight is 395 g/mol. The zero-order valence-electron chi connectivity index (χ0n) is 18.0. The first-order valence-corrected chi connectivity index (χ1v) is 10.2. The minimum Gasteiger partial charge on any atom is -0.399 e. The van der Waals surface area contributed by atoms with Gasteiger partial charge in [0, 0.05) is 30.9 Å². The Labute approximate surface area is 169 Å². The van der Waals surface area contributed by atoms with Crippen molar-refractivity contribution in [3.63, 3.8) is 0 Å². The SMILES string of the molecule is CC.CC(C)CNC(=O)c1cccc(N)c1.CCCNC(=O)C1COCCN1. The first kappa shape index (κ1) is 25.9. The van der Waals surface area contributed by atoms with Gasteiger partial charge in [-0.1, -0.05) is 40.7 Å². The summed E-state index contributed by atoms with van der Waals surface area (Å²) in [6.07, 6.45) is 0.972. The van der Waals surface area contributed by atoms with E-state index in [0.29, 0.717) is 36.9 Å². The number of anilines is 1. The molecule has 160 valence electrons. The van der Waals surface area contributed by atoms with Crippen LogP contribution in [0.25, 0.3) is 0 Å². The highest BCUT2D eigenvalue weighted by molar-refractivity contribution is 5.94. The van der Waals surface area contributed by atoms with Crippen LogP contribution in [0.3, 0.4) is 0 Å². The standard InChI is InChI=1S/C11H16N2O.C8H16N2O2.C2H6/c1-8(2)7-13-11(14)9-4-3-5-10(12)6-9;1-2-3-10-8(11)7-6-12-5-4-9-7;1-2/h3-6,8H,7,12H2,1-2H3,(H,13,14);7,9H,2-6H2,1H3,(H,10,11);1-2H3. The molecule has 1 aliphatic heterocycles. The van der Waals surface area contributed by atoms with Gasteiger partial charge in [0.15, 0.2) is 0 Å². The number of hydrogen-bond acceptors (Lipinski definition) is 5. The van der Waals surface area contributed by atoms with E-state index < -0.39 is 0 Å². The van der Waals surface area contributed by atoms with Gasteiger partial charge in [-0.05, 0) is 30.5 Å². The number of rotatable bonds is 6. The van der Waals surface area contributed by atoms with Crippen molar-refractivity contribution in [2.45, 2.75) is 47.1 Å². The first-order valence-electron chi connectivity index (χ1n) is 10.2. The molecule has 7 nitrogen and oxygen atoms in total. The first-order chi connectivity index (χ1) is 13.4. The van der Waals surface area contributed by atoms with Crippen LogP contribution >= 0.6 is 0 Å². The van der Waals surface area contributed by atoms with Crippen LogP contribution in [0.15, 0.2) is 24.3 Å². The van der Waals surface area contributed by atoms with Crippen LogP contribution in [-0.4, -0.2) is 50.7 Å². The number of ether oxygens (including phenoxy) is 1. The lowest BCUT2D eigenvalue weighted by Crippen LogP contribution is -2.51. The molecule has 0 saturated carbocycles. The van der Waals surface area contributed by atoms with E-state index in [1.54, 1.807) is 24.3 Å². The highest BCUT2D eigenvalue weighted by Gasteiger charge is 2.19. The maximum Gasteiger partial charge on any atom is 0.251 e. The second-order valence-electron chi connectivity index (χ2n) is 6.60. The van der Waals surface area contributed by atoms with Gasteiger partial charge in [-0.3, -0.25) is 9.59 Å². The molecule has 1 saturated heterocycles. The van der Waals surface area contributed by atoms with Crippen molar-refractivity contribution < 1.29 is 14.3 Å². The van der Waals surface area contributed by atoms with E-state index in [9.17, 15) is 9.59 Å². The van der Waals surface area contributed by atoms with Gasteiger partial charge in [-0.25, -0.2) is 0 Å². The fourth-order valence-electron chi connectivity index (χ4n) is 2.18. The maximum atomic E-state index is 11.5. The van der Waals surface area contributed by atoms with Crippen molar-refractivity contribution >= 4 is 17.5 Å². The molecule has 1 aromatic rings. The normalized spacial score (nSPS) is 15.4. The molecular weight excluding hydrogens is 356 g/mol. The van der Waals surface area contributed by atoms with Crippen LogP contribution in [0.4, 0.5) is 5.69 Å². The predicted octanol–water partition coefficient (Wildman–Crippen LogP) is 2.18. The van der Waals surface area contributed by atoms with Crippen LogP contribution in [0, 0.1) is 5.92 Å². The molecule has 0 radical (unpaired) electrons. The third-order valence-corrected chi connectivity index (χ3v) is 3.61. The van der Waals surface area contributed by atoms with Crippen molar-refractivity contribution in [1.29, 1.82) is 0 Å². The second kappa shape index (κ2) is 15.9. The average Bonchev–Trinajstić information content (AvgIpc) is 2.72. The molecule has 7 heteroatoms. The molecule has 1 atom stereocenters. The molecule has 5 N–H and O–H groups in total. The van der Waals surface area contributed by atoms with E-state index in [2.05, 4.69) is 29.8 Å². The summed E-state index contributed by atoms with van der Waals surface area (Å²) in [5, 5.41) is 8.74. The summed E-state index contributed by atoms with van der Waals surface area (Å²) in [7, 11) is 0. The summed E-state index contributed by atoms with van der Waals surface area (Å²) in [5.74, 6) is 0.447. The van der Waals surface area contributed by atoms with Crippen molar-refractivity contribution in [3.8, 4) is 0 Å². The number of amides is 2. The van der Waals surface area contributed by atoms with E-state index >= 15 is 0 Å². The summed E-state index contributed by atoms with van der Waals surface area (Å²) in [6, 6.07) is 6.82. The van der Waals surface area contributed by atoms with Gasteiger partial charge in [-0.15, -0.1) is 0 Å². The lowest BCUT2D eigenvalue weighted by molar-refractivity contribution is -0.125. The van der Waals surface area contributed by atoms with Crippen LogP contribution in [-0.2, 0) is 9.53 Å². The third-order valence-electron chi connectivity index (χ3n) is 3.61. The van der Waals surface area contributed by atoms with Gasteiger partial charge in [0.2, 0.25) is 5.91 Å². The fourth-order valence-corrected chi connectivity index (χ4v) is 2.18. The Balaban J connectivity index is 0.000000483. The predicted molar refractivity (Wildman–Crippen MR) is 115 cm³/mol. The Bertz CT molecular complexity index is 558. The minimum absolute atomic E-state index is 0.0524. The van der Waals surface area contributed by atoms with Crippen molar-refractivity contribution in [3.05, 3.63) is 29.8 Å². The van der Waals surface area contributed by atoms with Crippen LogP contribution in [0.1, 0.15) is 51.4 Å². The summed E-state index contributed by atoms with van der Waals surface area (Å²) < 4.78 is 5.16. The number of hydrogen-bond donors (Lipinski definition) is 4. The van der Waals surface area contributed by atoms with E-state index in [4.69, 9.17) is 10.5 Å². The lowest BCUT2D eigenvalue weighted by atomic mass is 10.1. The number of nitrogens with two attached hydrogens (primary N) is 1. The second-order valence-corrected chi connectivity index (χ2v) is 6.60. The fraction of sp³-hybridized carbons (Fsp3) is 0.619.